The lowest BCUT2D eigenvalue weighted by atomic mass is 10.1. The topological polar surface area (TPSA) is 69.9 Å². The molecule has 0 atom stereocenters. The van der Waals surface area contributed by atoms with Crippen LogP contribution in [0, 0.1) is 0 Å². The van der Waals surface area contributed by atoms with Crippen LogP contribution in [0.1, 0.15) is 20.3 Å². The number of aromatic nitrogens is 4. The molecule has 0 saturated carbocycles. The molecule has 0 N–H and O–H groups in total. The number of ether oxygens (including phenoxy) is 1. The summed E-state index contributed by atoms with van der Waals surface area (Å²) in [5.41, 5.74) is 1.71. The smallest absolute Gasteiger partial charge is 0.308 e. The number of hydrogen-bond acceptors (Lipinski definition) is 5. The molecule has 0 aliphatic carbocycles. The van der Waals surface area contributed by atoms with Crippen molar-refractivity contribution in [2.75, 3.05) is 0 Å². The van der Waals surface area contributed by atoms with Crippen molar-refractivity contribution in [1.82, 2.24) is 20.0 Å². The third kappa shape index (κ3) is 3.03. The van der Waals surface area contributed by atoms with E-state index in [2.05, 4.69) is 22.2 Å². The minimum atomic E-state index is -0.429. The quantitative estimate of drug-likeness (QED) is 0.541. The van der Waals surface area contributed by atoms with E-state index in [1.807, 2.05) is 6.07 Å². The maximum absolute atomic E-state index is 11.5. The number of fused-ring (bicyclic) bond motifs is 1. The van der Waals surface area contributed by atoms with Crippen molar-refractivity contribution in [2.45, 2.75) is 26.8 Å². The highest BCUT2D eigenvalue weighted by molar-refractivity contribution is 6.36. The van der Waals surface area contributed by atoms with Crippen LogP contribution in [-0.4, -0.2) is 25.9 Å². The molecular weight excluding hydrogens is 316 g/mol. The van der Waals surface area contributed by atoms with E-state index < -0.39 is 5.97 Å². The molecule has 6 nitrogen and oxygen atoms in total. The van der Waals surface area contributed by atoms with Gasteiger partial charge in [-0.25, -0.2) is 0 Å². The number of rotatable bonds is 4. The van der Waals surface area contributed by atoms with Gasteiger partial charge in [0.25, 0.3) is 0 Å². The van der Waals surface area contributed by atoms with Crippen LogP contribution in [-0.2, 0) is 11.3 Å². The van der Waals surface area contributed by atoms with Crippen molar-refractivity contribution in [3.8, 4) is 17.0 Å². The van der Waals surface area contributed by atoms with Crippen molar-refractivity contribution in [1.29, 1.82) is 0 Å². The lowest BCUT2D eigenvalue weighted by Crippen LogP contribution is -2.04. The summed E-state index contributed by atoms with van der Waals surface area (Å²) in [5.74, 6) is -0.0810. The molecule has 0 unspecified atom stereocenters. The molecular formula is C16H15ClN4O2. The van der Waals surface area contributed by atoms with Gasteiger partial charge < -0.3 is 4.74 Å². The second-order valence-corrected chi connectivity index (χ2v) is 5.50. The van der Waals surface area contributed by atoms with E-state index in [-0.39, 0.29) is 0 Å². The molecule has 118 valence electrons. The molecule has 0 aliphatic heterocycles. The number of esters is 1. The number of pyridine rings is 1. The van der Waals surface area contributed by atoms with Crippen LogP contribution in [0.3, 0.4) is 0 Å². The van der Waals surface area contributed by atoms with Crippen LogP contribution in [0.15, 0.2) is 30.6 Å². The number of benzene rings is 1. The van der Waals surface area contributed by atoms with Crippen LogP contribution in [0.4, 0.5) is 0 Å². The zero-order valence-corrected chi connectivity index (χ0v) is 13.5. The Hall–Kier alpha value is -2.47. The van der Waals surface area contributed by atoms with Crippen molar-refractivity contribution >= 4 is 28.5 Å². The molecule has 1 aromatic carbocycles. The van der Waals surface area contributed by atoms with Crippen LogP contribution >= 0.6 is 11.6 Å². The monoisotopic (exact) mass is 330 g/mol. The zero-order chi connectivity index (χ0) is 16.4. The molecule has 0 spiro atoms. The Labute approximate surface area is 138 Å². The first-order valence-corrected chi connectivity index (χ1v) is 7.64. The van der Waals surface area contributed by atoms with Crippen molar-refractivity contribution in [2.24, 2.45) is 0 Å². The van der Waals surface area contributed by atoms with Gasteiger partial charge in [0.05, 0.1) is 16.8 Å². The van der Waals surface area contributed by atoms with E-state index in [1.54, 1.807) is 29.2 Å². The number of aryl methyl sites for hydroxylation is 1. The minimum Gasteiger partial charge on any atom is -0.424 e. The molecule has 7 heteroatoms. The number of carbonyl (C=O) groups excluding carboxylic acids is 1. The van der Waals surface area contributed by atoms with E-state index in [0.717, 1.165) is 18.4 Å². The molecule has 0 fully saturated rings. The fourth-order valence-corrected chi connectivity index (χ4v) is 2.64. The molecule has 0 amide bonds. The first-order valence-electron chi connectivity index (χ1n) is 7.26. The van der Waals surface area contributed by atoms with Gasteiger partial charge in [-0.05, 0) is 24.6 Å². The van der Waals surface area contributed by atoms with E-state index in [0.29, 0.717) is 27.5 Å². The van der Waals surface area contributed by atoms with E-state index >= 15 is 0 Å². The summed E-state index contributed by atoms with van der Waals surface area (Å²) in [4.78, 5) is 15.8. The molecule has 3 aromatic rings. The summed E-state index contributed by atoms with van der Waals surface area (Å²) < 4.78 is 7.14. The summed E-state index contributed by atoms with van der Waals surface area (Å²) in [5, 5.41) is 9.47. The van der Waals surface area contributed by atoms with Gasteiger partial charge >= 0.3 is 5.97 Å². The molecule has 0 bridgehead atoms. The van der Waals surface area contributed by atoms with Gasteiger partial charge in [-0.15, -0.1) is 5.10 Å². The highest BCUT2D eigenvalue weighted by Gasteiger charge is 2.19. The largest absolute Gasteiger partial charge is 0.424 e. The Morgan fingerprint density at radius 1 is 1.43 bits per heavy atom. The number of hydrogen-bond donors (Lipinski definition) is 0. The summed E-state index contributed by atoms with van der Waals surface area (Å²) in [6.07, 6.45) is 4.37. The average Bonchev–Trinajstić information content (AvgIpc) is 2.98. The highest BCUT2D eigenvalue weighted by atomic mass is 35.5. The standard InChI is InChI=1S/C16H15ClN4O2/c1-3-7-21-9-14(19-20-21)12-8-13(17)11-5-4-6-18-15(11)16(12)23-10(2)22/h4-6,8-9H,3,7H2,1-2H3. The molecule has 2 heterocycles. The fourth-order valence-electron chi connectivity index (χ4n) is 2.37. The highest BCUT2D eigenvalue weighted by Crippen LogP contribution is 2.39. The van der Waals surface area contributed by atoms with Gasteiger partial charge in [-0.2, -0.15) is 0 Å². The number of halogens is 1. The molecule has 3 rings (SSSR count). The fraction of sp³-hybridized carbons (Fsp3) is 0.250. The molecule has 23 heavy (non-hydrogen) atoms. The van der Waals surface area contributed by atoms with Gasteiger partial charge in [0, 0.05) is 25.1 Å². The van der Waals surface area contributed by atoms with Crippen molar-refractivity contribution < 1.29 is 9.53 Å². The Morgan fingerprint density at radius 2 is 2.26 bits per heavy atom. The van der Waals surface area contributed by atoms with Crippen LogP contribution in [0.25, 0.3) is 22.2 Å². The van der Waals surface area contributed by atoms with Gasteiger partial charge in [-0.3, -0.25) is 14.5 Å². The molecule has 0 saturated heterocycles. The lowest BCUT2D eigenvalue weighted by molar-refractivity contribution is -0.131. The second-order valence-electron chi connectivity index (χ2n) is 5.10. The van der Waals surface area contributed by atoms with Crippen LogP contribution < -0.4 is 4.74 Å². The van der Waals surface area contributed by atoms with E-state index in [1.165, 1.54) is 6.92 Å². The number of carbonyl (C=O) groups is 1. The van der Waals surface area contributed by atoms with Crippen molar-refractivity contribution in [3.05, 3.63) is 35.6 Å². The van der Waals surface area contributed by atoms with E-state index in [9.17, 15) is 4.79 Å². The minimum absolute atomic E-state index is 0.348. The Morgan fingerprint density at radius 3 is 3.00 bits per heavy atom. The SMILES string of the molecule is CCCn1cc(-c2cc(Cl)c3cccnc3c2OC(C)=O)nn1. The van der Waals surface area contributed by atoms with Gasteiger partial charge in [0.2, 0.25) is 0 Å². The maximum Gasteiger partial charge on any atom is 0.308 e. The average molecular weight is 331 g/mol. The first-order chi connectivity index (χ1) is 11.1. The lowest BCUT2D eigenvalue weighted by Gasteiger charge is -2.11. The predicted molar refractivity (Wildman–Crippen MR) is 87.4 cm³/mol. The summed E-state index contributed by atoms with van der Waals surface area (Å²) in [6, 6.07) is 5.34. The third-order valence-electron chi connectivity index (χ3n) is 3.31. The molecule has 2 aromatic heterocycles. The Kier molecular flexibility index (Phi) is 4.25. The van der Waals surface area contributed by atoms with Gasteiger partial charge in [0.15, 0.2) is 5.75 Å². The van der Waals surface area contributed by atoms with E-state index in [4.69, 9.17) is 16.3 Å². The summed E-state index contributed by atoms with van der Waals surface area (Å²) in [6.45, 7) is 4.17. The van der Waals surface area contributed by atoms with Crippen LogP contribution in [0.2, 0.25) is 5.02 Å². The van der Waals surface area contributed by atoms with Crippen molar-refractivity contribution in [3.63, 3.8) is 0 Å². The Balaban J connectivity index is 2.23. The Bertz CT molecular complexity index is 876. The van der Waals surface area contributed by atoms with Gasteiger partial charge in [-0.1, -0.05) is 23.7 Å². The second kappa shape index (κ2) is 6.34. The number of nitrogens with zero attached hydrogens (tertiary/aromatic N) is 4. The molecule has 0 radical (unpaired) electrons. The predicted octanol–water partition coefficient (Wildman–Crippen LogP) is 3.48. The normalized spacial score (nSPS) is 10.9. The first kappa shape index (κ1) is 15.4. The maximum atomic E-state index is 11.5. The van der Waals surface area contributed by atoms with Gasteiger partial charge in [0.1, 0.15) is 11.2 Å². The summed E-state index contributed by atoms with van der Waals surface area (Å²) >= 11 is 6.35. The molecule has 0 aliphatic rings. The third-order valence-corrected chi connectivity index (χ3v) is 3.62. The summed E-state index contributed by atoms with van der Waals surface area (Å²) in [7, 11) is 0. The zero-order valence-electron chi connectivity index (χ0n) is 12.8. The van der Waals surface area contributed by atoms with Crippen LogP contribution in [0.5, 0.6) is 5.75 Å².